The van der Waals surface area contributed by atoms with Gasteiger partial charge in [-0.25, -0.2) is 9.78 Å². The van der Waals surface area contributed by atoms with E-state index in [2.05, 4.69) is 63.8 Å². The number of nitrogens with zero attached hydrogens (tertiary/aromatic N) is 5. The predicted molar refractivity (Wildman–Crippen MR) is 166 cm³/mol. The Hall–Kier alpha value is -3.16. The maximum absolute atomic E-state index is 12.5. The fourth-order valence-corrected chi connectivity index (χ4v) is 8.13. The molecule has 1 N–H and O–H groups in total. The Morgan fingerprint density at radius 3 is 2.26 bits per heavy atom. The molecule has 3 aliphatic heterocycles. The summed E-state index contributed by atoms with van der Waals surface area (Å²) in [5, 5.41) is 10.3. The molecule has 0 saturated carbocycles. The highest BCUT2D eigenvalue weighted by Crippen LogP contribution is 2.43. The number of fused-ring (bicyclic) bond motifs is 3. The number of benzene rings is 2. The molecule has 6 rings (SSSR count). The molecular weight excluding hydrogens is 522 g/mol. The molecule has 2 aromatic carbocycles. The number of carboxylic acid groups (broad SMARTS) is 1. The maximum atomic E-state index is 12.5. The van der Waals surface area contributed by atoms with E-state index in [0.29, 0.717) is 18.1 Å². The number of aromatic nitrogens is 2. The van der Waals surface area contributed by atoms with Gasteiger partial charge in [0.15, 0.2) is 0 Å². The Balaban J connectivity index is 1.17. The molecule has 0 spiro atoms. The number of hydrogen-bond acceptors (Lipinski definition) is 4. The number of amides is 1. The average molecular weight is 570 g/mol. The van der Waals surface area contributed by atoms with Crippen molar-refractivity contribution in [2.24, 2.45) is 0 Å². The summed E-state index contributed by atoms with van der Waals surface area (Å²) in [6, 6.07) is 22.4. The predicted octanol–water partition coefficient (Wildman–Crippen LogP) is 6.83. The Bertz CT molecular complexity index is 1350. The third-order valence-corrected chi connectivity index (χ3v) is 9.87. The van der Waals surface area contributed by atoms with E-state index in [9.17, 15) is 9.90 Å². The molecule has 224 valence electrons. The summed E-state index contributed by atoms with van der Waals surface area (Å²) < 4.78 is 2.60. The zero-order valence-electron chi connectivity index (χ0n) is 25.7. The number of imidazole rings is 1. The Morgan fingerprint density at radius 1 is 1.00 bits per heavy atom. The van der Waals surface area contributed by atoms with Gasteiger partial charge in [-0.3, -0.25) is 14.7 Å². The van der Waals surface area contributed by atoms with E-state index in [1.807, 2.05) is 39.0 Å². The highest BCUT2D eigenvalue weighted by Gasteiger charge is 2.43. The van der Waals surface area contributed by atoms with Crippen LogP contribution >= 0.6 is 0 Å². The summed E-state index contributed by atoms with van der Waals surface area (Å²) in [4.78, 5) is 24.5. The van der Waals surface area contributed by atoms with Gasteiger partial charge >= 0.3 is 6.09 Å². The smallest absolute Gasteiger partial charge is 0.408 e. The molecular formula is C35H47N5O2. The Kier molecular flexibility index (Phi) is 8.16. The van der Waals surface area contributed by atoms with Crippen LogP contribution in [0.5, 0.6) is 0 Å². The summed E-state index contributed by atoms with van der Waals surface area (Å²) in [6.45, 7) is 12.1. The van der Waals surface area contributed by atoms with Crippen LogP contribution in [0.4, 0.5) is 4.79 Å². The standard InChI is InChI=1S/C35H47N5O2/c1-25-36-31-17-19-37(23-26-11-7-5-8-12-26)24-33(31)39(25)30-21-28-15-16-29(22-30)38(28)20-18-32(27-13-9-6-10-14-27)40(34(41)42)35(2,3)4/h5-14,28-30,32H,15-24H2,1-4H3,(H,41,42)/t28?,29?,30?,32-/m0/s1. The van der Waals surface area contributed by atoms with E-state index in [-0.39, 0.29) is 6.04 Å². The van der Waals surface area contributed by atoms with Crippen LogP contribution < -0.4 is 0 Å². The van der Waals surface area contributed by atoms with Gasteiger partial charge in [-0.1, -0.05) is 60.7 Å². The van der Waals surface area contributed by atoms with Crippen LogP contribution in [0.2, 0.25) is 0 Å². The third-order valence-electron chi connectivity index (χ3n) is 9.87. The first kappa shape index (κ1) is 28.9. The molecule has 3 aromatic rings. The van der Waals surface area contributed by atoms with Crippen molar-refractivity contribution in [3.8, 4) is 0 Å². The number of rotatable bonds is 8. The minimum Gasteiger partial charge on any atom is -0.465 e. The van der Waals surface area contributed by atoms with Crippen LogP contribution in [-0.4, -0.2) is 66.2 Å². The lowest BCUT2D eigenvalue weighted by molar-refractivity contribution is 0.0506. The fourth-order valence-electron chi connectivity index (χ4n) is 8.13. The summed E-state index contributed by atoms with van der Waals surface area (Å²) in [5.41, 5.74) is 4.70. The molecule has 2 bridgehead atoms. The molecule has 0 aliphatic carbocycles. The first-order valence-electron chi connectivity index (χ1n) is 15.8. The monoisotopic (exact) mass is 569 g/mol. The highest BCUT2D eigenvalue weighted by molar-refractivity contribution is 5.67. The second-order valence-electron chi connectivity index (χ2n) is 13.7. The molecule has 3 atom stereocenters. The largest absolute Gasteiger partial charge is 0.465 e. The summed E-state index contributed by atoms with van der Waals surface area (Å²) in [7, 11) is 0. The molecule has 7 nitrogen and oxygen atoms in total. The normalized spacial score (nSPS) is 23.5. The van der Waals surface area contributed by atoms with Crippen LogP contribution in [-0.2, 0) is 19.5 Å². The van der Waals surface area contributed by atoms with Crippen molar-refractivity contribution < 1.29 is 9.90 Å². The van der Waals surface area contributed by atoms with Gasteiger partial charge in [0.1, 0.15) is 5.82 Å². The van der Waals surface area contributed by atoms with Crippen LogP contribution in [0.25, 0.3) is 0 Å². The highest BCUT2D eigenvalue weighted by atomic mass is 16.4. The molecule has 3 aliphatic rings. The summed E-state index contributed by atoms with van der Waals surface area (Å²) >= 11 is 0. The van der Waals surface area contributed by atoms with Gasteiger partial charge < -0.3 is 9.67 Å². The van der Waals surface area contributed by atoms with E-state index < -0.39 is 11.6 Å². The minimum absolute atomic E-state index is 0.167. The Morgan fingerprint density at radius 2 is 1.64 bits per heavy atom. The number of aryl methyl sites for hydroxylation is 1. The zero-order chi connectivity index (χ0) is 29.4. The number of piperidine rings is 1. The number of carbonyl (C=O) groups is 1. The van der Waals surface area contributed by atoms with Crippen LogP contribution in [0.3, 0.4) is 0 Å². The molecule has 2 saturated heterocycles. The molecule has 2 unspecified atom stereocenters. The minimum atomic E-state index is -0.848. The molecule has 1 aromatic heterocycles. The van der Waals surface area contributed by atoms with Gasteiger partial charge in [0.2, 0.25) is 0 Å². The van der Waals surface area contributed by atoms with Crippen LogP contribution in [0, 0.1) is 6.92 Å². The average Bonchev–Trinajstić information content (AvgIpc) is 3.40. The van der Waals surface area contributed by atoms with Crippen molar-refractivity contribution >= 4 is 6.09 Å². The molecule has 42 heavy (non-hydrogen) atoms. The molecule has 4 heterocycles. The van der Waals surface area contributed by atoms with Crippen molar-refractivity contribution in [2.45, 2.75) is 109 Å². The zero-order valence-corrected chi connectivity index (χ0v) is 25.7. The fraction of sp³-hybridized carbons (Fsp3) is 0.543. The van der Waals surface area contributed by atoms with Gasteiger partial charge in [0, 0.05) is 56.3 Å². The second kappa shape index (κ2) is 11.8. The lowest BCUT2D eigenvalue weighted by Crippen LogP contribution is -2.49. The topological polar surface area (TPSA) is 64.8 Å². The number of hydrogen-bond donors (Lipinski definition) is 1. The van der Waals surface area contributed by atoms with Gasteiger partial charge in [0.05, 0.1) is 17.4 Å². The maximum Gasteiger partial charge on any atom is 0.408 e. The van der Waals surface area contributed by atoms with E-state index in [1.165, 1.54) is 35.6 Å². The van der Waals surface area contributed by atoms with Gasteiger partial charge in [-0.05, 0) is 70.9 Å². The summed E-state index contributed by atoms with van der Waals surface area (Å²) in [6.07, 6.45) is 5.74. The Labute approximate surface area is 251 Å². The first-order chi connectivity index (χ1) is 20.2. The molecule has 7 heteroatoms. The van der Waals surface area contributed by atoms with Crippen LogP contribution in [0.15, 0.2) is 60.7 Å². The molecule has 1 amide bonds. The van der Waals surface area contributed by atoms with E-state index in [4.69, 9.17) is 4.98 Å². The lowest BCUT2D eigenvalue weighted by Gasteiger charge is -2.43. The molecule has 0 radical (unpaired) electrons. The van der Waals surface area contributed by atoms with Crippen molar-refractivity contribution in [3.63, 3.8) is 0 Å². The lowest BCUT2D eigenvalue weighted by atomic mass is 9.93. The third kappa shape index (κ3) is 5.86. The molecule has 2 fully saturated rings. The van der Waals surface area contributed by atoms with E-state index >= 15 is 0 Å². The summed E-state index contributed by atoms with van der Waals surface area (Å²) in [5.74, 6) is 1.17. The van der Waals surface area contributed by atoms with Gasteiger partial charge in [-0.2, -0.15) is 0 Å². The van der Waals surface area contributed by atoms with Crippen molar-refractivity contribution in [1.82, 2.24) is 24.3 Å². The van der Waals surface area contributed by atoms with E-state index in [1.54, 1.807) is 4.90 Å². The quantitative estimate of drug-likeness (QED) is 0.322. The van der Waals surface area contributed by atoms with Crippen molar-refractivity contribution in [1.29, 1.82) is 0 Å². The first-order valence-corrected chi connectivity index (χ1v) is 15.8. The van der Waals surface area contributed by atoms with Crippen molar-refractivity contribution in [2.75, 3.05) is 13.1 Å². The van der Waals surface area contributed by atoms with Crippen molar-refractivity contribution in [3.05, 3.63) is 89.0 Å². The van der Waals surface area contributed by atoms with Gasteiger partial charge in [0.25, 0.3) is 0 Å². The van der Waals surface area contributed by atoms with E-state index in [0.717, 1.165) is 57.4 Å². The SMILES string of the molecule is Cc1nc2c(n1C1CC3CCC(C1)N3CC[C@@H](c1ccccc1)N(C(=O)O)C(C)(C)C)CN(Cc1ccccc1)CC2. The van der Waals surface area contributed by atoms with Crippen LogP contribution in [0.1, 0.15) is 93.3 Å². The second-order valence-corrected chi connectivity index (χ2v) is 13.7. The van der Waals surface area contributed by atoms with Gasteiger partial charge in [-0.15, -0.1) is 0 Å².